The fraction of sp³-hybridized carbons (Fsp3) is 0.955. The SMILES string of the molecule is CC(=O)[C@H]1CCC2C3CCC4CC5(CC[C@]4(C)C3CC[C@@]21C)CO5. The van der Waals surface area contributed by atoms with Crippen LogP contribution in [0.15, 0.2) is 0 Å². The van der Waals surface area contributed by atoms with Crippen LogP contribution in [0.2, 0.25) is 0 Å². The van der Waals surface area contributed by atoms with Gasteiger partial charge in [0.25, 0.3) is 0 Å². The lowest BCUT2D eigenvalue weighted by Crippen LogP contribution is -2.54. The molecule has 0 N–H and O–H groups in total. The Hall–Kier alpha value is -0.370. The first-order valence-electron chi connectivity index (χ1n) is 10.5. The topological polar surface area (TPSA) is 29.6 Å². The molecule has 0 bridgehead atoms. The molecule has 24 heavy (non-hydrogen) atoms. The molecule has 5 unspecified atom stereocenters. The van der Waals surface area contributed by atoms with Gasteiger partial charge in [0.05, 0.1) is 12.2 Å². The highest BCUT2D eigenvalue weighted by molar-refractivity contribution is 5.79. The summed E-state index contributed by atoms with van der Waals surface area (Å²) in [5, 5.41) is 0. The molecule has 0 radical (unpaired) electrons. The van der Waals surface area contributed by atoms with E-state index in [2.05, 4.69) is 13.8 Å². The largest absolute Gasteiger partial charge is 0.370 e. The van der Waals surface area contributed by atoms with Gasteiger partial charge in [0.1, 0.15) is 5.78 Å². The van der Waals surface area contributed by atoms with Crippen molar-refractivity contribution < 1.29 is 9.53 Å². The molecule has 4 saturated carbocycles. The van der Waals surface area contributed by atoms with Crippen LogP contribution in [0, 0.1) is 40.4 Å². The summed E-state index contributed by atoms with van der Waals surface area (Å²) in [6.45, 7) is 7.98. The van der Waals surface area contributed by atoms with E-state index in [1.54, 1.807) is 0 Å². The van der Waals surface area contributed by atoms with Gasteiger partial charge in [0.2, 0.25) is 0 Å². The summed E-state index contributed by atoms with van der Waals surface area (Å²) >= 11 is 0. The van der Waals surface area contributed by atoms with Gasteiger partial charge in [0, 0.05) is 5.92 Å². The minimum Gasteiger partial charge on any atom is -0.370 e. The Kier molecular flexibility index (Phi) is 3.22. The van der Waals surface area contributed by atoms with Crippen LogP contribution < -0.4 is 0 Å². The lowest BCUT2D eigenvalue weighted by molar-refractivity contribution is -0.136. The normalized spacial score (nSPS) is 58.7. The van der Waals surface area contributed by atoms with E-state index in [4.69, 9.17) is 4.74 Å². The number of carbonyl (C=O) groups is 1. The monoisotopic (exact) mass is 330 g/mol. The quantitative estimate of drug-likeness (QED) is 0.633. The van der Waals surface area contributed by atoms with Gasteiger partial charge in [-0.25, -0.2) is 0 Å². The molecule has 8 atom stereocenters. The Morgan fingerprint density at radius 3 is 2.38 bits per heavy atom. The predicted molar refractivity (Wildman–Crippen MR) is 94.6 cm³/mol. The molecule has 2 nitrogen and oxygen atoms in total. The van der Waals surface area contributed by atoms with Crippen LogP contribution in [0.3, 0.4) is 0 Å². The summed E-state index contributed by atoms with van der Waals surface area (Å²) in [7, 11) is 0. The summed E-state index contributed by atoms with van der Waals surface area (Å²) in [5.41, 5.74) is 1.18. The maximum atomic E-state index is 12.2. The van der Waals surface area contributed by atoms with Gasteiger partial charge in [-0.3, -0.25) is 4.79 Å². The highest BCUT2D eigenvalue weighted by Crippen LogP contribution is 2.68. The van der Waals surface area contributed by atoms with E-state index in [0.717, 1.165) is 36.7 Å². The van der Waals surface area contributed by atoms with Gasteiger partial charge in [0.15, 0.2) is 0 Å². The number of hydrogen-bond acceptors (Lipinski definition) is 2. The van der Waals surface area contributed by atoms with Crippen molar-refractivity contribution in [3.63, 3.8) is 0 Å². The zero-order chi connectivity index (χ0) is 16.7. The highest BCUT2D eigenvalue weighted by Gasteiger charge is 2.63. The minimum atomic E-state index is 0.311. The Morgan fingerprint density at radius 2 is 1.67 bits per heavy atom. The molecule has 0 aromatic heterocycles. The van der Waals surface area contributed by atoms with E-state index in [1.807, 2.05) is 6.92 Å². The molecule has 2 heteroatoms. The molecule has 1 saturated heterocycles. The summed E-state index contributed by atoms with van der Waals surface area (Å²) in [5.74, 6) is 4.33. The third-order valence-electron chi connectivity index (χ3n) is 9.85. The van der Waals surface area contributed by atoms with Crippen LogP contribution in [0.1, 0.15) is 78.6 Å². The first-order valence-corrected chi connectivity index (χ1v) is 10.5. The Bertz CT molecular complexity index is 564. The van der Waals surface area contributed by atoms with Gasteiger partial charge >= 0.3 is 0 Å². The zero-order valence-electron chi connectivity index (χ0n) is 15.8. The fourth-order valence-corrected chi connectivity index (χ4v) is 8.34. The number of rotatable bonds is 1. The van der Waals surface area contributed by atoms with Crippen molar-refractivity contribution in [3.8, 4) is 0 Å². The van der Waals surface area contributed by atoms with Crippen molar-refractivity contribution in [2.24, 2.45) is 40.4 Å². The molecule has 1 aliphatic heterocycles. The van der Waals surface area contributed by atoms with Crippen molar-refractivity contribution in [1.82, 2.24) is 0 Å². The summed E-state index contributed by atoms with van der Waals surface area (Å²) in [6.07, 6.45) is 12.0. The molecule has 1 heterocycles. The van der Waals surface area contributed by atoms with Gasteiger partial charge < -0.3 is 4.74 Å². The van der Waals surface area contributed by atoms with Crippen molar-refractivity contribution >= 4 is 5.78 Å². The Balaban J connectivity index is 1.43. The van der Waals surface area contributed by atoms with E-state index >= 15 is 0 Å². The zero-order valence-corrected chi connectivity index (χ0v) is 15.8. The molecule has 4 aliphatic carbocycles. The van der Waals surface area contributed by atoms with Gasteiger partial charge in [-0.1, -0.05) is 13.8 Å². The van der Waals surface area contributed by atoms with Crippen molar-refractivity contribution in [2.75, 3.05) is 6.61 Å². The maximum absolute atomic E-state index is 12.2. The predicted octanol–water partition coefficient (Wildman–Crippen LogP) is 5.00. The molecular formula is C22H34O2. The van der Waals surface area contributed by atoms with E-state index in [1.165, 1.54) is 51.4 Å². The van der Waals surface area contributed by atoms with E-state index in [0.29, 0.717) is 28.1 Å². The molecule has 0 aromatic carbocycles. The number of fused-ring (bicyclic) bond motifs is 5. The molecule has 5 fully saturated rings. The molecule has 0 aromatic rings. The summed E-state index contributed by atoms with van der Waals surface area (Å²) in [4.78, 5) is 12.2. The van der Waals surface area contributed by atoms with Crippen LogP contribution in [0.4, 0.5) is 0 Å². The smallest absolute Gasteiger partial charge is 0.133 e. The van der Waals surface area contributed by atoms with Gasteiger partial charge in [-0.2, -0.15) is 0 Å². The second-order valence-electron chi connectivity index (χ2n) is 10.6. The van der Waals surface area contributed by atoms with Crippen LogP contribution in [-0.2, 0) is 9.53 Å². The van der Waals surface area contributed by atoms with Crippen LogP contribution >= 0.6 is 0 Å². The van der Waals surface area contributed by atoms with E-state index in [-0.39, 0.29) is 0 Å². The molecule has 0 amide bonds. The lowest BCUT2D eigenvalue weighted by atomic mass is 9.44. The highest BCUT2D eigenvalue weighted by atomic mass is 16.6. The van der Waals surface area contributed by atoms with Crippen LogP contribution in [0.5, 0.6) is 0 Å². The average Bonchev–Trinajstić information content (AvgIpc) is 3.19. The molecular weight excluding hydrogens is 296 g/mol. The lowest BCUT2D eigenvalue weighted by Gasteiger charge is -2.61. The van der Waals surface area contributed by atoms with Crippen LogP contribution in [0.25, 0.3) is 0 Å². The molecule has 5 aliphatic rings. The van der Waals surface area contributed by atoms with Gasteiger partial charge in [-0.15, -0.1) is 0 Å². The molecule has 5 rings (SSSR count). The van der Waals surface area contributed by atoms with Crippen molar-refractivity contribution in [2.45, 2.75) is 84.2 Å². The fourth-order valence-electron chi connectivity index (χ4n) is 8.34. The van der Waals surface area contributed by atoms with E-state index < -0.39 is 0 Å². The number of ether oxygens (including phenoxy) is 1. The Morgan fingerprint density at radius 1 is 0.917 bits per heavy atom. The first-order chi connectivity index (χ1) is 11.4. The number of ketones is 1. The number of epoxide rings is 1. The maximum Gasteiger partial charge on any atom is 0.133 e. The number of carbonyl (C=O) groups excluding carboxylic acids is 1. The van der Waals surface area contributed by atoms with Crippen molar-refractivity contribution in [1.29, 1.82) is 0 Å². The third kappa shape index (κ3) is 1.95. The number of hydrogen-bond donors (Lipinski definition) is 0. The second kappa shape index (κ2) is 4.87. The van der Waals surface area contributed by atoms with Crippen molar-refractivity contribution in [3.05, 3.63) is 0 Å². The van der Waals surface area contributed by atoms with E-state index in [9.17, 15) is 4.79 Å². The van der Waals surface area contributed by atoms with Gasteiger partial charge in [-0.05, 0) is 99.2 Å². The molecule has 134 valence electrons. The third-order valence-corrected chi connectivity index (χ3v) is 9.85. The Labute approximate surface area is 147 Å². The minimum absolute atomic E-state index is 0.311. The number of Topliss-reactive ketones (excluding diaryl/α,β-unsaturated/α-hetero) is 1. The van der Waals surface area contributed by atoms with Crippen LogP contribution in [-0.4, -0.2) is 18.0 Å². The first kappa shape index (κ1) is 15.9. The molecule has 1 spiro atoms. The second-order valence-corrected chi connectivity index (χ2v) is 10.6. The standard InChI is InChI=1S/C22H34O2/c1-14(23)17-6-7-18-16-5-4-15-12-22(13-24-22)11-10-20(15,2)19(16)8-9-21(17,18)3/h15-19H,4-13H2,1-3H3/t15?,16?,17-,18?,19?,20+,21-,22?/m1/s1. The summed E-state index contributed by atoms with van der Waals surface area (Å²) in [6, 6.07) is 0. The average molecular weight is 331 g/mol. The summed E-state index contributed by atoms with van der Waals surface area (Å²) < 4.78 is 5.86.